The van der Waals surface area contributed by atoms with Crippen molar-refractivity contribution >= 4 is 17.7 Å². The number of ether oxygens (including phenoxy) is 2. The van der Waals surface area contributed by atoms with E-state index in [-0.39, 0.29) is 5.91 Å². The van der Waals surface area contributed by atoms with Crippen LogP contribution in [-0.4, -0.2) is 54.4 Å². The summed E-state index contributed by atoms with van der Waals surface area (Å²) in [6.07, 6.45) is 6.52. The summed E-state index contributed by atoms with van der Waals surface area (Å²) >= 11 is 2.02. The largest absolute Gasteiger partial charge is 0.381 e. The van der Waals surface area contributed by atoms with Gasteiger partial charge in [0, 0.05) is 32.4 Å². The summed E-state index contributed by atoms with van der Waals surface area (Å²) in [5, 5.41) is 9.68. The minimum absolute atomic E-state index is 0.266. The van der Waals surface area contributed by atoms with Gasteiger partial charge in [-0.1, -0.05) is 30.3 Å². The Balaban J connectivity index is 1.32. The van der Waals surface area contributed by atoms with E-state index in [1.807, 2.05) is 11.8 Å². The lowest BCUT2D eigenvalue weighted by Crippen LogP contribution is -2.29. The highest BCUT2D eigenvalue weighted by atomic mass is 32.2. The fourth-order valence-electron chi connectivity index (χ4n) is 4.46. The zero-order chi connectivity index (χ0) is 19.8. The number of rotatable bonds is 12. The van der Waals surface area contributed by atoms with Crippen LogP contribution in [0.3, 0.4) is 0 Å². The van der Waals surface area contributed by atoms with Crippen molar-refractivity contribution in [2.75, 3.05) is 26.0 Å². The molecule has 2 aliphatic rings. The molecule has 4 atom stereocenters. The molecule has 2 fully saturated rings. The van der Waals surface area contributed by atoms with Crippen molar-refractivity contribution in [3.05, 3.63) is 35.9 Å². The fourth-order valence-corrected chi connectivity index (χ4v) is 5.47. The topological polar surface area (TPSA) is 59.0 Å². The van der Waals surface area contributed by atoms with Gasteiger partial charge in [0.05, 0.1) is 12.2 Å². The highest BCUT2D eigenvalue weighted by molar-refractivity contribution is 7.98. The number of fused-ring (bicyclic) bond motifs is 2. The smallest absolute Gasteiger partial charge is 0.245 e. The molecule has 0 aliphatic carbocycles. The number of thioether (sulfide) groups is 1. The Labute approximate surface area is 172 Å². The molecule has 2 bridgehead atoms. The highest BCUT2D eigenvalue weighted by Gasteiger charge is 2.47. The van der Waals surface area contributed by atoms with Crippen molar-refractivity contribution in [1.29, 1.82) is 0 Å². The van der Waals surface area contributed by atoms with E-state index < -0.39 is 0 Å². The summed E-state index contributed by atoms with van der Waals surface area (Å²) in [6.45, 7) is 1.30. The van der Waals surface area contributed by atoms with Gasteiger partial charge < -0.3 is 9.47 Å². The second-order valence-electron chi connectivity index (χ2n) is 7.87. The molecule has 0 aromatic heterocycles. The Bertz CT molecular complexity index is 597. The third-order valence-corrected chi connectivity index (χ3v) is 7.00. The normalized spacial score (nSPS) is 25.9. The standard InChI is InChI=1S/C22H33NO4S/c1-23(25)22(24)8-5-13-26-14-11-18-19(21-10-9-20(18)27-21)12-15-28-16-17-6-3-2-4-7-17/h2-4,6-7,18-21,25H,5,8-16H2,1H3/t18-,19+,20-,21+/m0/s1. The molecule has 1 N–H and O–H groups in total. The fraction of sp³-hybridized carbons (Fsp3) is 0.682. The van der Waals surface area contributed by atoms with Gasteiger partial charge in [0.1, 0.15) is 0 Å². The van der Waals surface area contributed by atoms with Crippen LogP contribution in [0, 0.1) is 11.8 Å². The third-order valence-electron chi connectivity index (χ3n) is 5.93. The Morgan fingerprint density at radius 1 is 1.18 bits per heavy atom. The first-order valence-electron chi connectivity index (χ1n) is 10.5. The number of carbonyl (C=O) groups is 1. The van der Waals surface area contributed by atoms with Gasteiger partial charge in [0.25, 0.3) is 0 Å². The maximum Gasteiger partial charge on any atom is 0.245 e. The molecule has 5 nitrogen and oxygen atoms in total. The molecule has 1 aromatic rings. The lowest BCUT2D eigenvalue weighted by Gasteiger charge is -2.28. The summed E-state index contributed by atoms with van der Waals surface area (Å²) < 4.78 is 12.0. The monoisotopic (exact) mass is 407 g/mol. The Hall–Kier alpha value is -1.08. The lowest BCUT2D eigenvalue weighted by molar-refractivity contribution is -0.159. The number of amides is 1. The van der Waals surface area contributed by atoms with Crippen LogP contribution < -0.4 is 0 Å². The highest BCUT2D eigenvalue weighted by Crippen LogP contribution is 2.46. The number of hydrogen-bond donors (Lipinski definition) is 1. The van der Waals surface area contributed by atoms with E-state index in [0.29, 0.717) is 48.6 Å². The van der Waals surface area contributed by atoms with E-state index in [4.69, 9.17) is 14.7 Å². The minimum Gasteiger partial charge on any atom is -0.381 e. The van der Waals surface area contributed by atoms with Crippen LogP contribution in [0.5, 0.6) is 0 Å². The van der Waals surface area contributed by atoms with Gasteiger partial charge in [-0.2, -0.15) is 11.8 Å². The SMILES string of the molecule is CN(O)C(=O)CCCOCC[C@H]1[C@@H](CCSCc2ccccc2)[C@H]2CC[C@@H]1O2. The zero-order valence-corrected chi connectivity index (χ0v) is 17.6. The molecular weight excluding hydrogens is 374 g/mol. The van der Waals surface area contributed by atoms with Gasteiger partial charge in [0.2, 0.25) is 5.91 Å². The molecule has 3 rings (SSSR count). The summed E-state index contributed by atoms with van der Waals surface area (Å²) in [5.74, 6) is 3.27. The van der Waals surface area contributed by atoms with Crippen molar-refractivity contribution in [3.8, 4) is 0 Å². The first-order chi connectivity index (χ1) is 13.6. The van der Waals surface area contributed by atoms with Crippen molar-refractivity contribution in [2.45, 2.75) is 56.5 Å². The number of carbonyl (C=O) groups excluding carboxylic acids is 1. The van der Waals surface area contributed by atoms with Crippen LogP contribution in [0.1, 0.15) is 44.1 Å². The van der Waals surface area contributed by atoms with Gasteiger partial charge >= 0.3 is 0 Å². The van der Waals surface area contributed by atoms with Crippen molar-refractivity contribution in [3.63, 3.8) is 0 Å². The van der Waals surface area contributed by atoms with E-state index in [0.717, 1.165) is 18.8 Å². The molecule has 2 heterocycles. The number of hydrogen-bond acceptors (Lipinski definition) is 5. The third kappa shape index (κ3) is 6.21. The molecule has 156 valence electrons. The number of benzene rings is 1. The molecule has 0 saturated carbocycles. The van der Waals surface area contributed by atoms with Gasteiger partial charge in [-0.25, -0.2) is 5.06 Å². The lowest BCUT2D eigenvalue weighted by atomic mass is 9.76. The molecule has 1 aromatic carbocycles. The second-order valence-corrected chi connectivity index (χ2v) is 8.97. The van der Waals surface area contributed by atoms with E-state index in [1.165, 1.54) is 37.6 Å². The van der Waals surface area contributed by atoms with Crippen LogP contribution in [0.15, 0.2) is 30.3 Å². The average molecular weight is 408 g/mol. The number of nitrogens with zero attached hydrogens (tertiary/aromatic N) is 1. The van der Waals surface area contributed by atoms with Crippen molar-refractivity contribution < 1.29 is 19.5 Å². The predicted octanol–water partition coefficient (Wildman–Crippen LogP) is 4.14. The first-order valence-corrected chi connectivity index (χ1v) is 11.6. The van der Waals surface area contributed by atoms with Crippen LogP contribution in [0.25, 0.3) is 0 Å². The van der Waals surface area contributed by atoms with Crippen LogP contribution in [0.4, 0.5) is 0 Å². The summed E-state index contributed by atoms with van der Waals surface area (Å²) in [7, 11) is 1.36. The maximum atomic E-state index is 11.3. The molecule has 2 aliphatic heterocycles. The summed E-state index contributed by atoms with van der Waals surface area (Å²) in [6, 6.07) is 10.7. The van der Waals surface area contributed by atoms with Gasteiger partial charge in [-0.3, -0.25) is 10.0 Å². The predicted molar refractivity (Wildman–Crippen MR) is 111 cm³/mol. The number of hydroxylamine groups is 2. The van der Waals surface area contributed by atoms with Crippen LogP contribution >= 0.6 is 11.8 Å². The molecular formula is C22H33NO4S. The molecule has 0 radical (unpaired) electrons. The Morgan fingerprint density at radius 3 is 2.61 bits per heavy atom. The van der Waals surface area contributed by atoms with E-state index >= 15 is 0 Å². The maximum absolute atomic E-state index is 11.3. The van der Waals surface area contributed by atoms with Gasteiger partial charge in [-0.15, -0.1) is 0 Å². The van der Waals surface area contributed by atoms with Crippen molar-refractivity contribution in [2.24, 2.45) is 11.8 Å². The Morgan fingerprint density at radius 2 is 1.89 bits per heavy atom. The van der Waals surface area contributed by atoms with Gasteiger partial charge in [-0.05, 0) is 55.3 Å². The minimum atomic E-state index is -0.266. The van der Waals surface area contributed by atoms with Crippen LogP contribution in [0.2, 0.25) is 0 Å². The average Bonchev–Trinajstić information content (AvgIpc) is 3.30. The van der Waals surface area contributed by atoms with E-state index in [2.05, 4.69) is 30.3 Å². The molecule has 28 heavy (non-hydrogen) atoms. The molecule has 2 saturated heterocycles. The van der Waals surface area contributed by atoms with E-state index in [1.54, 1.807) is 0 Å². The molecule has 1 amide bonds. The molecule has 6 heteroatoms. The first kappa shape index (κ1) is 21.6. The summed E-state index contributed by atoms with van der Waals surface area (Å²) in [5.41, 5.74) is 1.40. The molecule has 0 spiro atoms. The van der Waals surface area contributed by atoms with Gasteiger partial charge in [0.15, 0.2) is 0 Å². The van der Waals surface area contributed by atoms with Crippen LogP contribution in [-0.2, 0) is 20.0 Å². The second kappa shape index (κ2) is 11.2. The molecule has 0 unspecified atom stereocenters. The van der Waals surface area contributed by atoms with Crippen molar-refractivity contribution in [1.82, 2.24) is 5.06 Å². The zero-order valence-electron chi connectivity index (χ0n) is 16.8. The quantitative estimate of drug-likeness (QED) is 0.321. The Kier molecular flexibility index (Phi) is 8.65. The summed E-state index contributed by atoms with van der Waals surface area (Å²) in [4.78, 5) is 11.3. The van der Waals surface area contributed by atoms with E-state index in [9.17, 15) is 4.79 Å².